The molecule has 0 saturated heterocycles. The number of imidazole rings is 1. The number of H-pyrrole nitrogens is 1. The van der Waals surface area contributed by atoms with Crippen LogP contribution in [0.3, 0.4) is 0 Å². The summed E-state index contributed by atoms with van der Waals surface area (Å²) < 4.78 is 6.81. The third-order valence-corrected chi connectivity index (χ3v) is 6.47. The number of allylic oxidation sites excluding steroid dienone is 1. The first-order valence-corrected chi connectivity index (χ1v) is 11.9. The SMILES string of the molecule is Cc1ccc2nc(/C(C#N)=C\c3cc(Cl)c(OCc4cccc5ccccc45)c(Br)c3)[nH]c2c1. The molecule has 0 aliphatic carbocycles. The van der Waals surface area contributed by atoms with E-state index in [4.69, 9.17) is 16.3 Å². The van der Waals surface area contributed by atoms with E-state index in [2.05, 4.69) is 56.2 Å². The van der Waals surface area contributed by atoms with E-state index in [9.17, 15) is 5.26 Å². The molecule has 0 spiro atoms. The summed E-state index contributed by atoms with van der Waals surface area (Å²) in [4.78, 5) is 7.79. The number of aromatic nitrogens is 2. The second kappa shape index (κ2) is 9.34. The van der Waals surface area contributed by atoms with Crippen molar-refractivity contribution in [2.24, 2.45) is 0 Å². The van der Waals surface area contributed by atoms with Gasteiger partial charge in [0.15, 0.2) is 5.75 Å². The van der Waals surface area contributed by atoms with E-state index >= 15 is 0 Å². The van der Waals surface area contributed by atoms with Gasteiger partial charge in [-0.1, -0.05) is 60.1 Å². The van der Waals surface area contributed by atoms with Gasteiger partial charge < -0.3 is 9.72 Å². The molecule has 0 bridgehead atoms. The van der Waals surface area contributed by atoms with E-state index in [0.717, 1.165) is 33.1 Å². The van der Waals surface area contributed by atoms with E-state index in [0.29, 0.717) is 33.2 Å². The Hall–Kier alpha value is -3.59. The molecule has 4 nitrogen and oxygen atoms in total. The van der Waals surface area contributed by atoms with Crippen molar-refractivity contribution < 1.29 is 4.74 Å². The summed E-state index contributed by atoms with van der Waals surface area (Å²) in [6.45, 7) is 2.40. The van der Waals surface area contributed by atoms with Crippen molar-refractivity contribution in [1.82, 2.24) is 9.97 Å². The van der Waals surface area contributed by atoms with Gasteiger partial charge in [0.25, 0.3) is 0 Å². The maximum absolute atomic E-state index is 9.76. The molecule has 0 radical (unpaired) electrons. The monoisotopic (exact) mass is 527 g/mol. The number of rotatable bonds is 5. The van der Waals surface area contributed by atoms with E-state index in [1.54, 1.807) is 12.1 Å². The summed E-state index contributed by atoms with van der Waals surface area (Å²) >= 11 is 10.2. The number of benzene rings is 4. The van der Waals surface area contributed by atoms with Crippen LogP contribution in [0.4, 0.5) is 0 Å². The van der Waals surface area contributed by atoms with Gasteiger partial charge in [-0.15, -0.1) is 0 Å². The number of halogens is 2. The van der Waals surface area contributed by atoms with E-state index < -0.39 is 0 Å². The van der Waals surface area contributed by atoms with Crippen molar-refractivity contribution >= 4 is 61.0 Å². The maximum Gasteiger partial charge on any atom is 0.152 e. The smallest absolute Gasteiger partial charge is 0.152 e. The maximum atomic E-state index is 9.76. The van der Waals surface area contributed by atoms with Crippen molar-refractivity contribution in [3.8, 4) is 11.8 Å². The molecule has 0 unspecified atom stereocenters. The Labute approximate surface area is 210 Å². The number of nitrogens with one attached hydrogen (secondary N) is 1. The summed E-state index contributed by atoms with van der Waals surface area (Å²) in [5.41, 5.74) is 5.10. The molecule has 0 aliphatic rings. The minimum absolute atomic E-state index is 0.386. The Balaban J connectivity index is 1.42. The number of hydrogen-bond acceptors (Lipinski definition) is 3. The van der Waals surface area contributed by atoms with Crippen LogP contribution < -0.4 is 4.74 Å². The fraction of sp³-hybridized carbons (Fsp3) is 0.0714. The molecule has 5 aromatic rings. The molecule has 1 N–H and O–H groups in total. The molecule has 5 rings (SSSR count). The zero-order valence-electron chi connectivity index (χ0n) is 18.3. The Morgan fingerprint density at radius 1 is 1.12 bits per heavy atom. The van der Waals surface area contributed by atoms with Gasteiger partial charge in [-0.3, -0.25) is 0 Å². The number of nitrogens with zero attached hydrogens (tertiary/aromatic N) is 2. The van der Waals surface area contributed by atoms with Gasteiger partial charge >= 0.3 is 0 Å². The van der Waals surface area contributed by atoms with Crippen LogP contribution in [0.5, 0.6) is 5.75 Å². The molecule has 0 saturated carbocycles. The highest BCUT2D eigenvalue weighted by Crippen LogP contribution is 2.36. The zero-order valence-corrected chi connectivity index (χ0v) is 20.6. The summed E-state index contributed by atoms with van der Waals surface area (Å²) in [5, 5.41) is 12.5. The van der Waals surface area contributed by atoms with Crippen LogP contribution in [0.1, 0.15) is 22.5 Å². The lowest BCUT2D eigenvalue weighted by atomic mass is 10.1. The second-order valence-electron chi connectivity index (χ2n) is 8.02. The largest absolute Gasteiger partial charge is 0.486 e. The molecule has 0 fully saturated rings. The van der Waals surface area contributed by atoms with Crippen LogP contribution in [-0.2, 0) is 6.61 Å². The molecule has 34 heavy (non-hydrogen) atoms. The minimum atomic E-state index is 0.386. The van der Waals surface area contributed by atoms with Crippen LogP contribution >= 0.6 is 27.5 Å². The fourth-order valence-electron chi connectivity index (χ4n) is 3.94. The number of fused-ring (bicyclic) bond motifs is 2. The average Bonchev–Trinajstić information content (AvgIpc) is 3.25. The Bertz CT molecular complexity index is 1590. The van der Waals surface area contributed by atoms with Crippen LogP contribution in [0, 0.1) is 18.3 Å². The first-order chi connectivity index (χ1) is 16.5. The Morgan fingerprint density at radius 2 is 1.94 bits per heavy atom. The highest BCUT2D eigenvalue weighted by molar-refractivity contribution is 9.10. The standard InChI is InChI=1S/C28H19BrClN3O/c1-17-9-10-25-26(11-17)33-28(32-25)21(15-31)12-18-13-23(29)27(24(30)14-18)34-16-20-7-4-6-19-5-2-3-8-22(19)20/h2-14H,16H2,1H3,(H,32,33)/b21-12-. The Kier molecular flexibility index (Phi) is 6.10. The first-order valence-electron chi connectivity index (χ1n) is 10.7. The van der Waals surface area contributed by atoms with Crippen molar-refractivity contribution in [2.75, 3.05) is 0 Å². The molecule has 4 aromatic carbocycles. The lowest BCUT2D eigenvalue weighted by molar-refractivity contribution is 0.306. The van der Waals surface area contributed by atoms with Crippen molar-refractivity contribution in [1.29, 1.82) is 5.26 Å². The third-order valence-electron chi connectivity index (χ3n) is 5.60. The molecule has 0 amide bonds. The summed E-state index contributed by atoms with van der Waals surface area (Å²) in [6, 6.07) is 26.2. The highest BCUT2D eigenvalue weighted by Gasteiger charge is 2.13. The van der Waals surface area contributed by atoms with Gasteiger partial charge in [0.1, 0.15) is 18.5 Å². The second-order valence-corrected chi connectivity index (χ2v) is 9.28. The average molecular weight is 529 g/mol. The number of aromatic amines is 1. The van der Waals surface area contributed by atoms with Gasteiger partial charge in [0.05, 0.1) is 26.1 Å². The van der Waals surface area contributed by atoms with Crippen LogP contribution in [0.2, 0.25) is 5.02 Å². The van der Waals surface area contributed by atoms with Gasteiger partial charge in [0.2, 0.25) is 0 Å². The van der Waals surface area contributed by atoms with E-state index in [1.165, 1.54) is 5.39 Å². The molecule has 166 valence electrons. The molecular formula is C28H19BrClN3O. The van der Waals surface area contributed by atoms with Crippen molar-refractivity contribution in [3.05, 3.63) is 105 Å². The number of nitriles is 1. The van der Waals surface area contributed by atoms with E-state index in [-0.39, 0.29) is 0 Å². The molecule has 1 heterocycles. The van der Waals surface area contributed by atoms with Crippen LogP contribution in [-0.4, -0.2) is 9.97 Å². The molecule has 0 atom stereocenters. The van der Waals surface area contributed by atoms with Gasteiger partial charge in [-0.25, -0.2) is 4.98 Å². The zero-order chi connectivity index (χ0) is 23.7. The van der Waals surface area contributed by atoms with Gasteiger partial charge in [-0.2, -0.15) is 5.26 Å². The lowest BCUT2D eigenvalue weighted by Crippen LogP contribution is -1.98. The number of hydrogen-bond donors (Lipinski definition) is 1. The lowest BCUT2D eigenvalue weighted by Gasteiger charge is -2.13. The summed E-state index contributed by atoms with van der Waals surface area (Å²) in [7, 11) is 0. The minimum Gasteiger partial charge on any atom is -0.486 e. The molecular weight excluding hydrogens is 510 g/mol. The highest BCUT2D eigenvalue weighted by atomic mass is 79.9. The number of aryl methyl sites for hydroxylation is 1. The fourth-order valence-corrected chi connectivity index (χ4v) is 4.93. The quantitative estimate of drug-likeness (QED) is 0.235. The summed E-state index contributed by atoms with van der Waals surface area (Å²) in [5.74, 6) is 1.08. The first kappa shape index (κ1) is 22.2. The van der Waals surface area contributed by atoms with Gasteiger partial charge in [-0.05, 0) is 80.7 Å². The third kappa shape index (κ3) is 4.43. The van der Waals surface area contributed by atoms with Crippen LogP contribution in [0.15, 0.2) is 77.3 Å². The van der Waals surface area contributed by atoms with Gasteiger partial charge in [0, 0.05) is 0 Å². The topological polar surface area (TPSA) is 61.7 Å². The van der Waals surface area contributed by atoms with E-state index in [1.807, 2.05) is 49.4 Å². The van der Waals surface area contributed by atoms with Crippen LogP contribution in [0.25, 0.3) is 33.5 Å². The predicted octanol–water partition coefficient (Wildman–Crippen LogP) is 8.08. The molecule has 0 aliphatic heterocycles. The Morgan fingerprint density at radius 3 is 2.76 bits per heavy atom. The predicted molar refractivity (Wildman–Crippen MR) is 142 cm³/mol. The summed E-state index contributed by atoms with van der Waals surface area (Å²) in [6.07, 6.45) is 1.76. The normalized spacial score (nSPS) is 11.6. The molecule has 6 heteroatoms. The molecule has 1 aromatic heterocycles. The van der Waals surface area contributed by atoms with Crippen molar-refractivity contribution in [3.63, 3.8) is 0 Å². The van der Waals surface area contributed by atoms with Crippen molar-refractivity contribution in [2.45, 2.75) is 13.5 Å². The number of ether oxygens (including phenoxy) is 1.